The van der Waals surface area contributed by atoms with Crippen molar-refractivity contribution in [3.63, 3.8) is 0 Å². The fraction of sp³-hybridized carbons (Fsp3) is 0.346. The van der Waals surface area contributed by atoms with Crippen molar-refractivity contribution >= 4 is 27.3 Å². The predicted octanol–water partition coefficient (Wildman–Crippen LogP) is 4.76. The number of carbonyl (C=O) groups excluding carboxylic acids is 1. The maximum absolute atomic E-state index is 13.5. The second-order valence-corrected chi connectivity index (χ2v) is 11.3. The average molecular weight is 519 g/mol. The summed E-state index contributed by atoms with van der Waals surface area (Å²) in [6.07, 6.45) is 0.455. The Morgan fingerprint density at radius 1 is 1.00 bits per heavy atom. The molecule has 35 heavy (non-hydrogen) atoms. The molecule has 0 saturated carbocycles. The fourth-order valence-corrected chi connectivity index (χ4v) is 5.91. The number of hydrogen-bond donors (Lipinski definition) is 0. The number of nitrogens with zero attached hydrogens (tertiary/aromatic N) is 2. The van der Waals surface area contributed by atoms with Crippen LogP contribution in [0.2, 0.25) is 0 Å². The number of sulfonamides is 1. The third-order valence-corrected chi connectivity index (χ3v) is 8.54. The summed E-state index contributed by atoms with van der Waals surface area (Å²) >= 11 is 1.55. The number of aryl methyl sites for hydroxylation is 2. The van der Waals surface area contributed by atoms with E-state index < -0.39 is 10.0 Å². The van der Waals surface area contributed by atoms with E-state index in [1.54, 1.807) is 59.7 Å². The molecule has 0 atom stereocenters. The molecule has 0 saturated heterocycles. The van der Waals surface area contributed by atoms with Gasteiger partial charge in [-0.15, -0.1) is 11.3 Å². The molecule has 1 amide bonds. The van der Waals surface area contributed by atoms with E-state index >= 15 is 0 Å². The highest BCUT2D eigenvalue weighted by Gasteiger charge is 2.28. The van der Waals surface area contributed by atoms with Gasteiger partial charge in [0.2, 0.25) is 15.9 Å². The lowest BCUT2D eigenvalue weighted by atomic mass is 10.2. The number of rotatable bonds is 12. The standard InChI is InChI=1S/C26H31FN2O4S2/c1-20-5-11-24(12-6-20)35(31,32)29(14-4-15-33-3)19-26(30)28(18-25-21(2)13-16-34-25)17-22-7-9-23(27)10-8-22/h5-13,16H,4,14-15,17-19H2,1-3H3. The summed E-state index contributed by atoms with van der Waals surface area (Å²) in [5, 5.41) is 1.96. The van der Waals surface area contributed by atoms with Crippen LogP contribution in [0.25, 0.3) is 0 Å². The van der Waals surface area contributed by atoms with Gasteiger partial charge in [0, 0.05) is 31.7 Å². The van der Waals surface area contributed by atoms with Crippen molar-refractivity contribution in [2.75, 3.05) is 26.8 Å². The molecule has 6 nitrogen and oxygen atoms in total. The Hall–Kier alpha value is -2.59. The number of hydrogen-bond acceptors (Lipinski definition) is 5. The topological polar surface area (TPSA) is 66.9 Å². The van der Waals surface area contributed by atoms with Crippen LogP contribution < -0.4 is 0 Å². The lowest BCUT2D eigenvalue weighted by Gasteiger charge is -2.27. The first-order valence-corrected chi connectivity index (χ1v) is 13.6. The first kappa shape index (κ1) is 27.0. The van der Waals surface area contributed by atoms with Crippen LogP contribution in [0.5, 0.6) is 0 Å². The van der Waals surface area contributed by atoms with Gasteiger partial charge < -0.3 is 9.64 Å². The first-order valence-electron chi connectivity index (χ1n) is 11.3. The van der Waals surface area contributed by atoms with E-state index in [4.69, 9.17) is 4.74 Å². The van der Waals surface area contributed by atoms with Gasteiger partial charge in [-0.05, 0) is 67.1 Å². The molecule has 0 fully saturated rings. The van der Waals surface area contributed by atoms with Crippen LogP contribution in [0.1, 0.15) is 28.0 Å². The van der Waals surface area contributed by atoms with Gasteiger partial charge in [-0.1, -0.05) is 29.8 Å². The summed E-state index contributed by atoms with van der Waals surface area (Å²) in [5.74, 6) is -0.676. The second-order valence-electron chi connectivity index (χ2n) is 8.40. The quantitative estimate of drug-likeness (QED) is 0.324. The molecule has 188 valence electrons. The highest BCUT2D eigenvalue weighted by molar-refractivity contribution is 7.89. The van der Waals surface area contributed by atoms with E-state index in [0.29, 0.717) is 19.6 Å². The molecule has 0 aliphatic carbocycles. The second kappa shape index (κ2) is 12.4. The zero-order valence-electron chi connectivity index (χ0n) is 20.2. The van der Waals surface area contributed by atoms with Gasteiger partial charge in [-0.25, -0.2) is 12.8 Å². The lowest BCUT2D eigenvalue weighted by molar-refractivity contribution is -0.132. The molecule has 0 bridgehead atoms. The number of benzene rings is 2. The Morgan fingerprint density at radius 3 is 2.29 bits per heavy atom. The molecule has 1 aromatic heterocycles. The normalized spacial score (nSPS) is 11.7. The summed E-state index contributed by atoms with van der Waals surface area (Å²) in [6, 6.07) is 14.6. The summed E-state index contributed by atoms with van der Waals surface area (Å²) in [7, 11) is -2.34. The lowest BCUT2D eigenvalue weighted by Crippen LogP contribution is -2.43. The third-order valence-electron chi connectivity index (χ3n) is 5.67. The van der Waals surface area contributed by atoms with Gasteiger partial charge >= 0.3 is 0 Å². The van der Waals surface area contributed by atoms with E-state index in [-0.39, 0.29) is 36.3 Å². The number of carbonyl (C=O) groups is 1. The summed E-state index contributed by atoms with van der Waals surface area (Å²) in [5.41, 5.74) is 2.78. The van der Waals surface area contributed by atoms with Gasteiger partial charge in [0.25, 0.3) is 0 Å². The molecule has 3 aromatic rings. The number of methoxy groups -OCH3 is 1. The molecule has 9 heteroatoms. The summed E-state index contributed by atoms with van der Waals surface area (Å²) < 4.78 is 46.6. The van der Waals surface area contributed by atoms with Gasteiger partial charge in [0.1, 0.15) is 5.82 Å². The van der Waals surface area contributed by atoms with Crippen LogP contribution in [-0.4, -0.2) is 50.3 Å². The number of halogens is 1. The van der Waals surface area contributed by atoms with Crippen molar-refractivity contribution in [3.8, 4) is 0 Å². The summed E-state index contributed by atoms with van der Waals surface area (Å²) in [4.78, 5) is 16.3. The maximum Gasteiger partial charge on any atom is 0.243 e. The minimum atomic E-state index is -3.89. The number of amides is 1. The van der Waals surface area contributed by atoms with E-state index in [1.165, 1.54) is 16.4 Å². The zero-order chi connectivity index (χ0) is 25.4. The largest absolute Gasteiger partial charge is 0.385 e. The highest BCUT2D eigenvalue weighted by Crippen LogP contribution is 2.21. The molecule has 0 spiro atoms. The SMILES string of the molecule is COCCCN(CC(=O)N(Cc1ccc(F)cc1)Cc1sccc1C)S(=O)(=O)c1ccc(C)cc1. The minimum Gasteiger partial charge on any atom is -0.385 e. The van der Waals surface area contributed by atoms with Crippen LogP contribution in [0, 0.1) is 19.7 Å². The van der Waals surface area contributed by atoms with E-state index in [2.05, 4.69) is 0 Å². The molecule has 2 aromatic carbocycles. The monoisotopic (exact) mass is 518 g/mol. The van der Waals surface area contributed by atoms with Crippen LogP contribution in [0.4, 0.5) is 4.39 Å². The maximum atomic E-state index is 13.5. The predicted molar refractivity (Wildman–Crippen MR) is 136 cm³/mol. The fourth-order valence-electron chi connectivity index (χ4n) is 3.56. The van der Waals surface area contributed by atoms with Gasteiger partial charge in [0.05, 0.1) is 18.0 Å². The Kier molecular flexibility index (Phi) is 9.56. The van der Waals surface area contributed by atoms with Crippen molar-refractivity contribution < 1.29 is 22.3 Å². The van der Waals surface area contributed by atoms with Crippen molar-refractivity contribution in [1.29, 1.82) is 0 Å². The Balaban J connectivity index is 1.87. The van der Waals surface area contributed by atoms with E-state index in [0.717, 1.165) is 21.6 Å². The Morgan fingerprint density at radius 2 is 1.69 bits per heavy atom. The molecular weight excluding hydrogens is 487 g/mol. The van der Waals surface area contributed by atoms with Crippen molar-refractivity contribution in [3.05, 3.63) is 87.4 Å². The minimum absolute atomic E-state index is 0.146. The van der Waals surface area contributed by atoms with E-state index in [9.17, 15) is 17.6 Å². The first-order chi connectivity index (χ1) is 16.7. The van der Waals surface area contributed by atoms with E-state index in [1.807, 2.05) is 25.3 Å². The van der Waals surface area contributed by atoms with Crippen LogP contribution in [0.3, 0.4) is 0 Å². The van der Waals surface area contributed by atoms with Gasteiger partial charge in [0.15, 0.2) is 0 Å². The summed E-state index contributed by atoms with van der Waals surface area (Å²) in [6.45, 7) is 4.68. The van der Waals surface area contributed by atoms with Crippen LogP contribution in [-0.2, 0) is 32.6 Å². The Bertz CT molecular complexity index is 1210. The van der Waals surface area contributed by atoms with Crippen molar-refractivity contribution in [1.82, 2.24) is 9.21 Å². The van der Waals surface area contributed by atoms with Crippen LogP contribution in [0.15, 0.2) is 64.9 Å². The van der Waals surface area contributed by atoms with Crippen LogP contribution >= 0.6 is 11.3 Å². The third kappa shape index (κ3) is 7.44. The average Bonchev–Trinajstić information content (AvgIpc) is 3.24. The number of thiophene rings is 1. The number of ether oxygens (including phenoxy) is 1. The Labute approximate surface area is 211 Å². The molecule has 0 aliphatic heterocycles. The molecule has 0 aliphatic rings. The smallest absolute Gasteiger partial charge is 0.243 e. The zero-order valence-corrected chi connectivity index (χ0v) is 21.9. The molecule has 3 rings (SSSR count). The van der Waals surface area contributed by atoms with Crippen molar-refractivity contribution in [2.45, 2.75) is 38.3 Å². The van der Waals surface area contributed by atoms with Crippen molar-refractivity contribution in [2.24, 2.45) is 0 Å². The molecule has 0 N–H and O–H groups in total. The van der Waals surface area contributed by atoms with Gasteiger partial charge in [-0.3, -0.25) is 4.79 Å². The van der Waals surface area contributed by atoms with Gasteiger partial charge in [-0.2, -0.15) is 4.31 Å². The molecule has 0 radical (unpaired) electrons. The molecular formula is C26H31FN2O4S2. The highest BCUT2D eigenvalue weighted by atomic mass is 32.2. The molecule has 0 unspecified atom stereocenters. The molecule has 1 heterocycles.